The van der Waals surface area contributed by atoms with E-state index in [0.29, 0.717) is 11.5 Å². The van der Waals surface area contributed by atoms with E-state index < -0.39 is 0 Å². The van der Waals surface area contributed by atoms with E-state index >= 15 is 0 Å². The molecule has 0 bridgehead atoms. The van der Waals surface area contributed by atoms with Crippen molar-refractivity contribution in [2.45, 2.75) is 38.2 Å². The third kappa shape index (κ3) is 3.35. The van der Waals surface area contributed by atoms with Crippen molar-refractivity contribution in [2.75, 3.05) is 39.3 Å². The lowest BCUT2D eigenvalue weighted by molar-refractivity contribution is 0.0460. The zero-order valence-corrected chi connectivity index (χ0v) is 14.5. The molecule has 4 rings (SSSR count). The van der Waals surface area contributed by atoms with Crippen molar-refractivity contribution in [1.29, 1.82) is 0 Å². The SMILES string of the molecule is O=C(c1ccccc1)N1CCC2(CC1)CO[C@@H](CN1CCCC1)C2. The number of likely N-dealkylation sites (tertiary alicyclic amines) is 2. The van der Waals surface area contributed by atoms with Crippen molar-refractivity contribution in [3.05, 3.63) is 35.9 Å². The minimum atomic E-state index is 0.179. The average Bonchev–Trinajstić information content (AvgIpc) is 3.27. The highest BCUT2D eigenvalue weighted by atomic mass is 16.5. The van der Waals surface area contributed by atoms with Gasteiger partial charge in [-0.3, -0.25) is 4.79 Å². The largest absolute Gasteiger partial charge is 0.376 e. The molecule has 1 amide bonds. The minimum Gasteiger partial charge on any atom is -0.376 e. The van der Waals surface area contributed by atoms with Crippen molar-refractivity contribution in [3.63, 3.8) is 0 Å². The van der Waals surface area contributed by atoms with Gasteiger partial charge in [0.1, 0.15) is 0 Å². The molecule has 1 spiro atoms. The van der Waals surface area contributed by atoms with Crippen molar-refractivity contribution >= 4 is 5.91 Å². The van der Waals surface area contributed by atoms with Crippen LogP contribution >= 0.6 is 0 Å². The van der Waals surface area contributed by atoms with Crippen LogP contribution in [0.25, 0.3) is 0 Å². The lowest BCUT2D eigenvalue weighted by atomic mass is 9.76. The van der Waals surface area contributed by atoms with Crippen LogP contribution in [0.5, 0.6) is 0 Å². The second-order valence-corrected chi connectivity index (χ2v) is 7.80. The van der Waals surface area contributed by atoms with Gasteiger partial charge in [0.2, 0.25) is 0 Å². The van der Waals surface area contributed by atoms with E-state index in [1.165, 1.54) is 32.4 Å². The van der Waals surface area contributed by atoms with E-state index in [9.17, 15) is 4.79 Å². The fourth-order valence-corrected chi connectivity index (χ4v) is 4.56. The molecule has 24 heavy (non-hydrogen) atoms. The van der Waals surface area contributed by atoms with E-state index in [1.54, 1.807) is 0 Å². The van der Waals surface area contributed by atoms with Gasteiger partial charge in [0, 0.05) is 25.2 Å². The molecular formula is C20H28N2O2. The molecule has 1 aromatic rings. The Bertz CT molecular complexity index is 560. The summed E-state index contributed by atoms with van der Waals surface area (Å²) < 4.78 is 6.14. The molecule has 0 N–H and O–H groups in total. The molecule has 4 nitrogen and oxygen atoms in total. The smallest absolute Gasteiger partial charge is 0.253 e. The van der Waals surface area contributed by atoms with Crippen LogP contribution in [0.3, 0.4) is 0 Å². The number of piperidine rings is 1. The van der Waals surface area contributed by atoms with Crippen LogP contribution in [0.2, 0.25) is 0 Å². The highest BCUT2D eigenvalue weighted by molar-refractivity contribution is 5.94. The molecule has 130 valence electrons. The van der Waals surface area contributed by atoms with Crippen LogP contribution < -0.4 is 0 Å². The van der Waals surface area contributed by atoms with Crippen LogP contribution in [-0.2, 0) is 4.74 Å². The molecule has 0 saturated carbocycles. The van der Waals surface area contributed by atoms with Gasteiger partial charge in [-0.2, -0.15) is 0 Å². The monoisotopic (exact) mass is 328 g/mol. The maximum atomic E-state index is 12.6. The number of carbonyl (C=O) groups is 1. The van der Waals surface area contributed by atoms with E-state index in [1.807, 2.05) is 35.2 Å². The standard InChI is InChI=1S/C20H28N2O2/c23-19(17-6-2-1-3-7-17)22-12-8-20(9-13-22)14-18(24-16-20)15-21-10-4-5-11-21/h1-3,6-7,18H,4-5,8-16H2/t18-/m1/s1. The summed E-state index contributed by atoms with van der Waals surface area (Å²) in [5.41, 5.74) is 1.13. The van der Waals surface area contributed by atoms with Crippen LogP contribution in [0, 0.1) is 5.41 Å². The number of hydrogen-bond acceptors (Lipinski definition) is 3. The Balaban J connectivity index is 1.30. The fourth-order valence-electron chi connectivity index (χ4n) is 4.56. The Morgan fingerprint density at radius 2 is 1.79 bits per heavy atom. The maximum Gasteiger partial charge on any atom is 0.253 e. The van der Waals surface area contributed by atoms with Gasteiger partial charge in [-0.1, -0.05) is 18.2 Å². The molecule has 0 radical (unpaired) electrons. The lowest BCUT2D eigenvalue weighted by Gasteiger charge is -2.38. The third-order valence-electron chi connectivity index (χ3n) is 6.08. The summed E-state index contributed by atoms with van der Waals surface area (Å²) >= 11 is 0. The van der Waals surface area contributed by atoms with Crippen LogP contribution in [0.1, 0.15) is 42.5 Å². The lowest BCUT2D eigenvalue weighted by Crippen LogP contribution is -2.43. The Morgan fingerprint density at radius 3 is 2.50 bits per heavy atom. The summed E-state index contributed by atoms with van der Waals surface area (Å²) in [6, 6.07) is 9.66. The number of nitrogens with zero attached hydrogens (tertiary/aromatic N) is 2. The van der Waals surface area contributed by atoms with Gasteiger partial charge < -0.3 is 14.5 Å². The predicted molar refractivity (Wildman–Crippen MR) is 94.0 cm³/mol. The Hall–Kier alpha value is -1.39. The van der Waals surface area contributed by atoms with Crippen LogP contribution in [-0.4, -0.2) is 61.1 Å². The molecule has 1 aromatic carbocycles. The first-order valence-corrected chi connectivity index (χ1v) is 9.42. The number of rotatable bonds is 3. The minimum absolute atomic E-state index is 0.179. The molecule has 3 aliphatic heterocycles. The first-order chi connectivity index (χ1) is 11.7. The number of benzene rings is 1. The predicted octanol–water partition coefficient (Wildman–Crippen LogP) is 2.79. The molecule has 0 aliphatic carbocycles. The Morgan fingerprint density at radius 1 is 1.08 bits per heavy atom. The van der Waals surface area contributed by atoms with E-state index in [2.05, 4.69) is 4.90 Å². The average molecular weight is 328 g/mol. The summed E-state index contributed by atoms with van der Waals surface area (Å²) in [6.07, 6.45) is 6.43. The third-order valence-corrected chi connectivity index (χ3v) is 6.08. The van der Waals surface area contributed by atoms with Gasteiger partial charge in [0.25, 0.3) is 5.91 Å². The Kier molecular flexibility index (Phi) is 4.59. The zero-order valence-electron chi connectivity index (χ0n) is 14.5. The summed E-state index contributed by atoms with van der Waals surface area (Å²) in [7, 11) is 0. The second kappa shape index (κ2) is 6.85. The summed E-state index contributed by atoms with van der Waals surface area (Å²) in [5.74, 6) is 0.179. The van der Waals surface area contributed by atoms with Crippen LogP contribution in [0.4, 0.5) is 0 Å². The van der Waals surface area contributed by atoms with E-state index in [-0.39, 0.29) is 5.91 Å². The first kappa shape index (κ1) is 16.1. The van der Waals surface area contributed by atoms with Crippen molar-refractivity contribution in [3.8, 4) is 0 Å². The number of amides is 1. The van der Waals surface area contributed by atoms with Gasteiger partial charge in [-0.15, -0.1) is 0 Å². The van der Waals surface area contributed by atoms with Crippen molar-refractivity contribution in [2.24, 2.45) is 5.41 Å². The fraction of sp³-hybridized carbons (Fsp3) is 0.650. The molecule has 3 heterocycles. The molecule has 3 fully saturated rings. The Labute approximate surface area is 144 Å². The number of ether oxygens (including phenoxy) is 1. The van der Waals surface area contributed by atoms with Crippen molar-refractivity contribution < 1.29 is 9.53 Å². The first-order valence-electron chi connectivity index (χ1n) is 9.42. The van der Waals surface area contributed by atoms with E-state index in [4.69, 9.17) is 4.74 Å². The molecule has 3 saturated heterocycles. The summed E-state index contributed by atoms with van der Waals surface area (Å²) in [5, 5.41) is 0. The molecule has 0 aromatic heterocycles. The molecule has 1 atom stereocenters. The number of carbonyl (C=O) groups excluding carboxylic acids is 1. The highest BCUT2D eigenvalue weighted by Crippen LogP contribution is 2.42. The second-order valence-electron chi connectivity index (χ2n) is 7.80. The van der Waals surface area contributed by atoms with E-state index in [0.717, 1.165) is 44.6 Å². The normalized spacial score (nSPS) is 27.0. The zero-order chi connectivity index (χ0) is 16.4. The van der Waals surface area contributed by atoms with Gasteiger partial charge in [0.05, 0.1) is 12.7 Å². The van der Waals surface area contributed by atoms with Crippen molar-refractivity contribution in [1.82, 2.24) is 9.80 Å². The van der Waals surface area contributed by atoms with Gasteiger partial charge in [-0.25, -0.2) is 0 Å². The molecule has 4 heteroatoms. The molecule has 0 unspecified atom stereocenters. The summed E-state index contributed by atoms with van der Waals surface area (Å²) in [4.78, 5) is 17.2. The van der Waals surface area contributed by atoms with Crippen LogP contribution in [0.15, 0.2) is 30.3 Å². The molecular weight excluding hydrogens is 300 g/mol. The quantitative estimate of drug-likeness (QED) is 0.855. The summed E-state index contributed by atoms with van der Waals surface area (Å²) in [6.45, 7) is 6.22. The van der Waals surface area contributed by atoms with Gasteiger partial charge in [-0.05, 0) is 62.7 Å². The topological polar surface area (TPSA) is 32.8 Å². The molecule has 3 aliphatic rings. The van der Waals surface area contributed by atoms with Gasteiger partial charge in [0.15, 0.2) is 0 Å². The number of hydrogen-bond donors (Lipinski definition) is 0. The highest BCUT2D eigenvalue weighted by Gasteiger charge is 2.43. The van der Waals surface area contributed by atoms with Gasteiger partial charge >= 0.3 is 0 Å². The maximum absolute atomic E-state index is 12.6.